The average molecular weight is 299 g/mol. The number of anilines is 1. The Morgan fingerprint density at radius 2 is 1.91 bits per heavy atom. The molecule has 22 heavy (non-hydrogen) atoms. The summed E-state index contributed by atoms with van der Waals surface area (Å²) in [5, 5.41) is 0. The van der Waals surface area contributed by atoms with E-state index < -0.39 is 0 Å². The van der Waals surface area contributed by atoms with Crippen LogP contribution in [0.1, 0.15) is 12.0 Å². The lowest BCUT2D eigenvalue weighted by atomic mass is 9.98. The molecule has 1 atom stereocenters. The molecule has 1 heterocycles. The molecule has 1 aliphatic rings. The third kappa shape index (κ3) is 2.82. The maximum atomic E-state index is 13.0. The van der Waals surface area contributed by atoms with Crippen molar-refractivity contribution in [3.8, 4) is 5.75 Å². The van der Waals surface area contributed by atoms with E-state index in [4.69, 9.17) is 4.74 Å². The fraction of sp³-hybridized carbons (Fsp3) is 0.278. The molecule has 0 radical (unpaired) electrons. The predicted octanol–water partition coefficient (Wildman–Crippen LogP) is 3.43. The van der Waals surface area contributed by atoms with Gasteiger partial charge in [0.2, 0.25) is 5.91 Å². The summed E-state index contributed by atoms with van der Waals surface area (Å²) in [6, 6.07) is 13.9. The van der Waals surface area contributed by atoms with Gasteiger partial charge in [-0.3, -0.25) is 4.79 Å². The summed E-state index contributed by atoms with van der Waals surface area (Å²) in [4.78, 5) is 14.4. The Balaban J connectivity index is 1.76. The maximum absolute atomic E-state index is 13.0. The van der Waals surface area contributed by atoms with Gasteiger partial charge >= 0.3 is 0 Å². The van der Waals surface area contributed by atoms with Crippen molar-refractivity contribution in [2.75, 3.05) is 18.6 Å². The Hall–Kier alpha value is -2.36. The van der Waals surface area contributed by atoms with Crippen molar-refractivity contribution in [1.82, 2.24) is 0 Å². The van der Waals surface area contributed by atoms with Crippen molar-refractivity contribution in [2.45, 2.75) is 12.8 Å². The van der Waals surface area contributed by atoms with Gasteiger partial charge in [0.15, 0.2) is 0 Å². The van der Waals surface area contributed by atoms with Gasteiger partial charge in [0.1, 0.15) is 11.6 Å². The van der Waals surface area contributed by atoms with Crippen LogP contribution in [0.15, 0.2) is 48.5 Å². The molecule has 2 aromatic carbocycles. The number of halogens is 1. The summed E-state index contributed by atoms with van der Waals surface area (Å²) in [5.41, 5.74) is 1.80. The van der Waals surface area contributed by atoms with Crippen molar-refractivity contribution < 1.29 is 13.9 Å². The van der Waals surface area contributed by atoms with Crippen LogP contribution in [0, 0.1) is 11.7 Å². The van der Waals surface area contributed by atoms with E-state index in [1.54, 1.807) is 24.1 Å². The smallest absolute Gasteiger partial charge is 0.230 e. The molecule has 114 valence electrons. The number of carbonyl (C=O) groups excluding carboxylic acids is 1. The van der Waals surface area contributed by atoms with Crippen LogP contribution in [0.5, 0.6) is 5.75 Å². The number of nitrogens with zero attached hydrogens (tertiary/aromatic N) is 1. The lowest BCUT2D eigenvalue weighted by Crippen LogP contribution is -2.28. The molecule has 2 aromatic rings. The van der Waals surface area contributed by atoms with E-state index >= 15 is 0 Å². The molecule has 1 aliphatic heterocycles. The first kappa shape index (κ1) is 14.6. The highest BCUT2D eigenvalue weighted by Crippen LogP contribution is 2.33. The van der Waals surface area contributed by atoms with E-state index in [2.05, 4.69) is 0 Å². The first-order chi connectivity index (χ1) is 10.7. The van der Waals surface area contributed by atoms with E-state index in [1.165, 1.54) is 12.1 Å². The van der Waals surface area contributed by atoms with E-state index in [0.29, 0.717) is 18.7 Å². The van der Waals surface area contributed by atoms with Gasteiger partial charge in [-0.2, -0.15) is 0 Å². The average Bonchev–Trinajstić information content (AvgIpc) is 2.90. The Morgan fingerprint density at radius 3 is 2.64 bits per heavy atom. The second kappa shape index (κ2) is 6.18. The molecule has 0 spiro atoms. The Labute approximate surface area is 129 Å². The van der Waals surface area contributed by atoms with Crippen molar-refractivity contribution in [1.29, 1.82) is 0 Å². The van der Waals surface area contributed by atoms with E-state index in [9.17, 15) is 9.18 Å². The minimum absolute atomic E-state index is 0.0598. The van der Waals surface area contributed by atoms with Crippen LogP contribution in [0.2, 0.25) is 0 Å². The summed E-state index contributed by atoms with van der Waals surface area (Å²) in [6.07, 6.45) is 1.44. The van der Waals surface area contributed by atoms with Gasteiger partial charge in [-0.1, -0.05) is 24.3 Å². The van der Waals surface area contributed by atoms with Crippen LogP contribution in [-0.2, 0) is 11.2 Å². The van der Waals surface area contributed by atoms with Crippen LogP contribution >= 0.6 is 0 Å². The third-order valence-electron chi connectivity index (χ3n) is 4.09. The lowest BCUT2D eigenvalue weighted by molar-refractivity contribution is -0.120. The predicted molar refractivity (Wildman–Crippen MR) is 83.6 cm³/mol. The summed E-state index contributed by atoms with van der Waals surface area (Å²) in [5.74, 6) is 0.500. The van der Waals surface area contributed by atoms with Crippen LogP contribution in [-0.4, -0.2) is 19.6 Å². The zero-order valence-corrected chi connectivity index (χ0v) is 12.5. The molecule has 1 saturated heterocycles. The second-order valence-electron chi connectivity index (χ2n) is 5.48. The Kier molecular flexibility index (Phi) is 4.09. The maximum Gasteiger partial charge on any atom is 0.230 e. The number of para-hydroxylation sites is 2. The fourth-order valence-electron chi connectivity index (χ4n) is 2.93. The highest BCUT2D eigenvalue weighted by atomic mass is 19.1. The minimum atomic E-state index is -0.253. The van der Waals surface area contributed by atoms with Gasteiger partial charge in [0.25, 0.3) is 0 Å². The number of amides is 1. The molecule has 1 unspecified atom stereocenters. The molecule has 4 heteroatoms. The molecule has 0 bridgehead atoms. The van der Waals surface area contributed by atoms with Crippen LogP contribution in [0.25, 0.3) is 0 Å². The minimum Gasteiger partial charge on any atom is -0.495 e. The van der Waals surface area contributed by atoms with Gasteiger partial charge in [0.05, 0.1) is 12.8 Å². The van der Waals surface area contributed by atoms with E-state index in [0.717, 1.165) is 17.7 Å². The lowest BCUT2D eigenvalue weighted by Gasteiger charge is -2.19. The molecular weight excluding hydrogens is 281 g/mol. The largest absolute Gasteiger partial charge is 0.495 e. The van der Waals surface area contributed by atoms with Gasteiger partial charge in [-0.25, -0.2) is 4.39 Å². The molecule has 0 aliphatic carbocycles. The van der Waals surface area contributed by atoms with Crippen LogP contribution in [0.4, 0.5) is 10.1 Å². The van der Waals surface area contributed by atoms with Crippen molar-refractivity contribution in [3.05, 3.63) is 59.9 Å². The molecule has 0 N–H and O–H groups in total. The molecule has 3 rings (SSSR count). The van der Waals surface area contributed by atoms with Gasteiger partial charge < -0.3 is 9.64 Å². The molecule has 1 amide bonds. The zero-order valence-electron chi connectivity index (χ0n) is 12.5. The number of methoxy groups -OCH3 is 1. The topological polar surface area (TPSA) is 29.5 Å². The Morgan fingerprint density at radius 1 is 1.18 bits per heavy atom. The number of ether oxygens (including phenoxy) is 1. The summed E-state index contributed by atoms with van der Waals surface area (Å²) in [7, 11) is 1.61. The van der Waals surface area contributed by atoms with Crippen LogP contribution in [0.3, 0.4) is 0 Å². The molecule has 0 aromatic heterocycles. The van der Waals surface area contributed by atoms with Crippen LogP contribution < -0.4 is 9.64 Å². The number of carbonyl (C=O) groups is 1. The highest BCUT2D eigenvalue weighted by molar-refractivity contribution is 5.98. The highest BCUT2D eigenvalue weighted by Gasteiger charge is 2.33. The summed E-state index contributed by atoms with van der Waals surface area (Å²) >= 11 is 0. The second-order valence-corrected chi connectivity index (χ2v) is 5.48. The molecule has 1 fully saturated rings. The van der Waals surface area contributed by atoms with Gasteiger partial charge in [-0.15, -0.1) is 0 Å². The first-order valence-corrected chi connectivity index (χ1v) is 7.38. The number of hydrogen-bond donors (Lipinski definition) is 0. The summed E-state index contributed by atoms with van der Waals surface area (Å²) < 4.78 is 18.3. The molecular formula is C18H18FNO2. The number of rotatable bonds is 4. The van der Waals surface area contributed by atoms with Crippen molar-refractivity contribution in [3.63, 3.8) is 0 Å². The van der Waals surface area contributed by atoms with E-state index in [1.807, 2.05) is 24.3 Å². The van der Waals surface area contributed by atoms with Crippen molar-refractivity contribution >= 4 is 11.6 Å². The van der Waals surface area contributed by atoms with Gasteiger partial charge in [-0.05, 0) is 42.7 Å². The monoisotopic (exact) mass is 299 g/mol. The fourth-order valence-corrected chi connectivity index (χ4v) is 2.93. The third-order valence-corrected chi connectivity index (χ3v) is 4.09. The van der Waals surface area contributed by atoms with Crippen molar-refractivity contribution in [2.24, 2.45) is 5.92 Å². The normalized spacial score (nSPS) is 17.8. The van der Waals surface area contributed by atoms with Gasteiger partial charge in [0, 0.05) is 12.5 Å². The quantitative estimate of drug-likeness (QED) is 0.865. The first-order valence-electron chi connectivity index (χ1n) is 7.38. The zero-order chi connectivity index (χ0) is 15.5. The number of hydrogen-bond acceptors (Lipinski definition) is 2. The SMILES string of the molecule is COc1ccccc1N1CCC(Cc2ccc(F)cc2)C1=O. The number of benzene rings is 2. The Bertz CT molecular complexity index is 669. The standard InChI is InChI=1S/C18H18FNO2/c1-22-17-5-3-2-4-16(17)20-11-10-14(18(20)21)12-13-6-8-15(19)9-7-13/h2-9,14H,10-12H2,1H3. The van der Waals surface area contributed by atoms with E-state index in [-0.39, 0.29) is 17.6 Å². The molecule has 0 saturated carbocycles. The summed E-state index contributed by atoms with van der Waals surface area (Å²) in [6.45, 7) is 0.686. The molecule has 3 nitrogen and oxygen atoms in total.